The molecule has 4 rings (SSSR count). The van der Waals surface area contributed by atoms with Gasteiger partial charge in [-0.05, 0) is 73.1 Å². The van der Waals surface area contributed by atoms with Gasteiger partial charge >= 0.3 is 0 Å². The van der Waals surface area contributed by atoms with Crippen LogP contribution in [0.3, 0.4) is 0 Å². The van der Waals surface area contributed by atoms with Gasteiger partial charge in [-0.1, -0.05) is 25.1 Å². The zero-order valence-electron chi connectivity index (χ0n) is 16.1. The minimum atomic E-state index is -0.250. The predicted octanol–water partition coefficient (Wildman–Crippen LogP) is 4.51. The predicted molar refractivity (Wildman–Crippen MR) is 102 cm³/mol. The van der Waals surface area contributed by atoms with Gasteiger partial charge in [0.1, 0.15) is 18.1 Å². The van der Waals surface area contributed by atoms with Crippen LogP contribution in [0.15, 0.2) is 23.4 Å². The Bertz CT molecular complexity index is 741. The number of Topliss-reactive ketones (excluding diaryl/α,β-unsaturated/α-hetero) is 1. The van der Waals surface area contributed by atoms with Gasteiger partial charge < -0.3 is 9.57 Å². The molecule has 0 unspecified atom stereocenters. The summed E-state index contributed by atoms with van der Waals surface area (Å²) < 4.78 is 5.40. The molecule has 4 nitrogen and oxygen atoms in total. The van der Waals surface area contributed by atoms with E-state index >= 15 is 0 Å². The Kier molecular flexibility index (Phi) is 4.54. The summed E-state index contributed by atoms with van der Waals surface area (Å²) in [6, 6.07) is 6.54. The summed E-state index contributed by atoms with van der Waals surface area (Å²) in [6.07, 6.45) is 5.97. The van der Waals surface area contributed by atoms with Crippen LogP contribution < -0.4 is 4.74 Å². The number of benzene rings is 1. The van der Waals surface area contributed by atoms with Crippen LogP contribution in [0.2, 0.25) is 0 Å². The summed E-state index contributed by atoms with van der Waals surface area (Å²) in [5.74, 6) is 2.70. The minimum Gasteiger partial charge on any atom is -0.497 e. The second-order valence-electron chi connectivity index (χ2n) is 8.34. The van der Waals surface area contributed by atoms with Gasteiger partial charge in [-0.3, -0.25) is 4.79 Å². The molecule has 3 aliphatic rings. The van der Waals surface area contributed by atoms with Gasteiger partial charge in [0.2, 0.25) is 0 Å². The van der Waals surface area contributed by atoms with E-state index in [0.717, 1.165) is 44.3 Å². The van der Waals surface area contributed by atoms with E-state index in [1.165, 1.54) is 11.1 Å². The van der Waals surface area contributed by atoms with Gasteiger partial charge in [0.15, 0.2) is 5.78 Å². The largest absolute Gasteiger partial charge is 0.497 e. The molecule has 0 aliphatic heterocycles. The van der Waals surface area contributed by atoms with Gasteiger partial charge in [-0.2, -0.15) is 0 Å². The lowest BCUT2D eigenvalue weighted by Gasteiger charge is -2.47. The SMILES string of the molecule is CCCO/N=C1\C[C@H]2[C@@H]3CCc4cc(OC)ccc4[C@H]3CC[C@]2(C)C1=O. The van der Waals surface area contributed by atoms with Crippen LogP contribution >= 0.6 is 0 Å². The summed E-state index contributed by atoms with van der Waals surface area (Å²) in [5.41, 5.74) is 3.33. The molecule has 0 amide bonds. The second kappa shape index (κ2) is 6.71. The van der Waals surface area contributed by atoms with Crippen molar-refractivity contribution in [2.24, 2.45) is 22.4 Å². The number of carbonyl (C=O) groups excluding carboxylic acids is 1. The van der Waals surface area contributed by atoms with E-state index in [0.29, 0.717) is 30.1 Å². The molecule has 4 atom stereocenters. The topological polar surface area (TPSA) is 47.9 Å². The Balaban J connectivity index is 1.62. The fourth-order valence-electron chi connectivity index (χ4n) is 5.59. The molecule has 1 aromatic rings. The van der Waals surface area contributed by atoms with Crippen LogP contribution in [0.1, 0.15) is 63.0 Å². The number of rotatable bonds is 4. The van der Waals surface area contributed by atoms with Crippen LogP contribution in [-0.4, -0.2) is 25.2 Å². The first-order valence-electron chi connectivity index (χ1n) is 9.99. The second-order valence-corrected chi connectivity index (χ2v) is 8.34. The maximum absolute atomic E-state index is 13.0. The van der Waals surface area contributed by atoms with Crippen LogP contribution in [0.4, 0.5) is 0 Å². The lowest BCUT2D eigenvalue weighted by Crippen LogP contribution is -2.42. The monoisotopic (exact) mass is 355 g/mol. The molecular formula is C22H29NO3. The van der Waals surface area contributed by atoms with Crippen molar-refractivity contribution < 1.29 is 14.4 Å². The van der Waals surface area contributed by atoms with E-state index in [-0.39, 0.29) is 11.2 Å². The molecule has 140 valence electrons. The summed E-state index contributed by atoms with van der Waals surface area (Å²) in [7, 11) is 1.73. The van der Waals surface area contributed by atoms with Gasteiger partial charge in [0.25, 0.3) is 0 Å². The number of fused-ring (bicyclic) bond motifs is 5. The highest BCUT2D eigenvalue weighted by Gasteiger charge is 2.57. The van der Waals surface area contributed by atoms with Crippen molar-refractivity contribution >= 4 is 11.5 Å². The quantitative estimate of drug-likeness (QED) is 0.590. The van der Waals surface area contributed by atoms with E-state index in [4.69, 9.17) is 9.57 Å². The lowest BCUT2D eigenvalue weighted by atomic mass is 9.55. The molecular weight excluding hydrogens is 326 g/mol. The van der Waals surface area contributed by atoms with E-state index in [9.17, 15) is 4.79 Å². The highest BCUT2D eigenvalue weighted by Crippen LogP contribution is 2.59. The number of ether oxygens (including phenoxy) is 1. The smallest absolute Gasteiger partial charge is 0.186 e. The van der Waals surface area contributed by atoms with E-state index in [2.05, 4.69) is 37.2 Å². The van der Waals surface area contributed by atoms with Crippen LogP contribution in [0, 0.1) is 17.3 Å². The maximum atomic E-state index is 13.0. The lowest BCUT2D eigenvalue weighted by molar-refractivity contribution is -0.125. The number of carbonyl (C=O) groups is 1. The minimum absolute atomic E-state index is 0.234. The summed E-state index contributed by atoms with van der Waals surface area (Å²) in [6.45, 7) is 4.80. The van der Waals surface area contributed by atoms with Gasteiger partial charge in [-0.25, -0.2) is 0 Å². The number of aryl methyl sites for hydroxylation is 1. The zero-order chi connectivity index (χ0) is 18.3. The third-order valence-electron chi connectivity index (χ3n) is 6.99. The molecule has 0 heterocycles. The number of ketones is 1. The highest BCUT2D eigenvalue weighted by atomic mass is 16.6. The Morgan fingerprint density at radius 2 is 2.15 bits per heavy atom. The van der Waals surface area contributed by atoms with E-state index in [1.54, 1.807) is 7.11 Å². The molecule has 0 radical (unpaired) electrons. The average Bonchev–Trinajstić information content (AvgIpc) is 2.92. The number of hydrogen-bond donors (Lipinski definition) is 0. The Morgan fingerprint density at radius 1 is 1.31 bits per heavy atom. The first-order chi connectivity index (χ1) is 12.6. The fraction of sp³-hybridized carbons (Fsp3) is 0.636. The molecule has 3 aliphatic carbocycles. The maximum Gasteiger partial charge on any atom is 0.186 e. The van der Waals surface area contributed by atoms with Gasteiger partial charge in [-0.15, -0.1) is 0 Å². The van der Waals surface area contributed by atoms with Crippen LogP contribution in [0.25, 0.3) is 0 Å². The molecule has 2 saturated carbocycles. The van der Waals surface area contributed by atoms with Crippen molar-refractivity contribution in [3.63, 3.8) is 0 Å². The molecule has 0 aromatic heterocycles. The molecule has 0 spiro atoms. The first kappa shape index (κ1) is 17.6. The van der Waals surface area contributed by atoms with Gasteiger partial charge in [0.05, 0.1) is 7.11 Å². The Morgan fingerprint density at radius 3 is 2.92 bits per heavy atom. The number of methoxy groups -OCH3 is 1. The van der Waals surface area contributed by atoms with Crippen molar-refractivity contribution in [2.45, 2.75) is 58.3 Å². The average molecular weight is 355 g/mol. The van der Waals surface area contributed by atoms with E-state index < -0.39 is 0 Å². The standard InChI is InChI=1S/C22H29NO3/c1-4-11-26-23-20-13-19-18-7-5-14-12-15(25-3)6-8-16(14)17(18)9-10-22(19,2)21(20)24/h6,8,12,17-19H,4-5,7,9-11,13H2,1-3H3/b23-20+/t17-,18-,19+,22+/m1/s1. The highest BCUT2D eigenvalue weighted by molar-refractivity contribution is 6.43. The molecule has 26 heavy (non-hydrogen) atoms. The number of oxime groups is 1. The molecule has 4 heteroatoms. The first-order valence-corrected chi connectivity index (χ1v) is 9.99. The van der Waals surface area contributed by atoms with E-state index in [1.807, 2.05) is 0 Å². The summed E-state index contributed by atoms with van der Waals surface area (Å²) in [5, 5.41) is 4.22. The molecule has 2 fully saturated rings. The molecule has 1 aromatic carbocycles. The zero-order valence-corrected chi connectivity index (χ0v) is 16.1. The molecule has 0 N–H and O–H groups in total. The van der Waals surface area contributed by atoms with Crippen molar-refractivity contribution in [3.05, 3.63) is 29.3 Å². The van der Waals surface area contributed by atoms with Crippen molar-refractivity contribution in [1.82, 2.24) is 0 Å². The normalized spacial score (nSPS) is 34.2. The number of nitrogens with zero attached hydrogens (tertiary/aromatic N) is 1. The van der Waals surface area contributed by atoms with Crippen molar-refractivity contribution in [1.29, 1.82) is 0 Å². The number of hydrogen-bond acceptors (Lipinski definition) is 4. The Labute approximate surface area is 155 Å². The fourth-order valence-corrected chi connectivity index (χ4v) is 5.59. The Hall–Kier alpha value is -1.84. The molecule has 0 saturated heterocycles. The van der Waals surface area contributed by atoms with Crippen molar-refractivity contribution in [2.75, 3.05) is 13.7 Å². The van der Waals surface area contributed by atoms with Crippen LogP contribution in [0.5, 0.6) is 5.75 Å². The third kappa shape index (κ3) is 2.65. The summed E-state index contributed by atoms with van der Waals surface area (Å²) >= 11 is 0. The van der Waals surface area contributed by atoms with Crippen LogP contribution in [-0.2, 0) is 16.1 Å². The van der Waals surface area contributed by atoms with Crippen molar-refractivity contribution in [3.8, 4) is 5.75 Å². The third-order valence-corrected chi connectivity index (χ3v) is 6.99. The molecule has 0 bridgehead atoms. The van der Waals surface area contributed by atoms with Gasteiger partial charge in [0, 0.05) is 11.8 Å². The summed E-state index contributed by atoms with van der Waals surface area (Å²) in [4.78, 5) is 18.4.